The molecule has 3 nitrogen and oxygen atoms in total. The van der Waals surface area contributed by atoms with Crippen LogP contribution in [0.25, 0.3) is 10.2 Å². The van der Waals surface area contributed by atoms with E-state index in [2.05, 4.69) is 47.5 Å². The van der Waals surface area contributed by atoms with E-state index in [1.165, 1.54) is 5.39 Å². The molecule has 2 aromatic rings. The van der Waals surface area contributed by atoms with E-state index in [9.17, 15) is 0 Å². The first kappa shape index (κ1) is 12.6. The minimum Gasteiger partial charge on any atom is -0.357 e. The zero-order valence-corrected chi connectivity index (χ0v) is 12.2. The Morgan fingerprint density at radius 3 is 2.71 bits per heavy atom. The lowest BCUT2D eigenvalue weighted by atomic mass is 10.2. The van der Waals surface area contributed by atoms with Gasteiger partial charge < -0.3 is 5.32 Å². The molecule has 1 unspecified atom stereocenters. The number of rotatable bonds is 4. The first-order valence-electron chi connectivity index (χ1n) is 5.71. The highest BCUT2D eigenvalue weighted by Crippen LogP contribution is 2.34. The van der Waals surface area contributed by atoms with Gasteiger partial charge in [-0.2, -0.15) is 0 Å². The zero-order chi connectivity index (χ0) is 12.4. The molecule has 17 heavy (non-hydrogen) atoms. The van der Waals surface area contributed by atoms with Gasteiger partial charge in [0, 0.05) is 17.7 Å². The van der Waals surface area contributed by atoms with Crippen LogP contribution in [0.2, 0.25) is 0 Å². The molecule has 0 spiro atoms. The van der Waals surface area contributed by atoms with Crippen molar-refractivity contribution < 1.29 is 0 Å². The minimum absolute atomic E-state index is 0.553. The number of anilines is 1. The quantitative estimate of drug-likeness (QED) is 0.674. The first-order valence-corrected chi connectivity index (χ1v) is 7.47. The highest BCUT2D eigenvalue weighted by atomic mass is 32.2. The van der Waals surface area contributed by atoms with Crippen LogP contribution in [0.5, 0.6) is 0 Å². The van der Waals surface area contributed by atoms with Crippen LogP contribution in [-0.2, 0) is 0 Å². The Labute approximate surface area is 110 Å². The molecule has 0 saturated heterocycles. The number of fused-ring (bicyclic) bond motifs is 1. The Balaban J connectivity index is 2.40. The average Bonchev–Trinajstić information content (AvgIpc) is 2.76. The van der Waals surface area contributed by atoms with Crippen molar-refractivity contribution in [1.82, 2.24) is 9.97 Å². The molecule has 0 radical (unpaired) electrons. The van der Waals surface area contributed by atoms with Crippen molar-refractivity contribution >= 4 is 39.3 Å². The van der Waals surface area contributed by atoms with Crippen molar-refractivity contribution in [2.75, 3.05) is 12.4 Å². The van der Waals surface area contributed by atoms with Crippen LogP contribution in [0.15, 0.2) is 16.5 Å². The van der Waals surface area contributed by atoms with Gasteiger partial charge in [0.1, 0.15) is 9.86 Å². The zero-order valence-electron chi connectivity index (χ0n) is 10.5. The van der Waals surface area contributed by atoms with Crippen LogP contribution in [0.1, 0.15) is 20.8 Å². The molecule has 2 aromatic heterocycles. The highest BCUT2D eigenvalue weighted by molar-refractivity contribution is 8.00. The maximum absolute atomic E-state index is 4.56. The van der Waals surface area contributed by atoms with Crippen LogP contribution in [0.3, 0.4) is 0 Å². The van der Waals surface area contributed by atoms with Crippen LogP contribution in [0.4, 0.5) is 5.95 Å². The molecular formula is C12H17N3S2. The second-order valence-corrected chi connectivity index (χ2v) is 6.57. The fourth-order valence-electron chi connectivity index (χ4n) is 1.34. The molecular weight excluding hydrogens is 250 g/mol. The SMILES string of the molecule is CNc1nc(SC(C)C(C)C)c2ccsc2n1. The summed E-state index contributed by atoms with van der Waals surface area (Å²) in [5.41, 5.74) is 0. The Morgan fingerprint density at radius 1 is 1.29 bits per heavy atom. The van der Waals surface area contributed by atoms with E-state index < -0.39 is 0 Å². The topological polar surface area (TPSA) is 37.8 Å². The lowest BCUT2D eigenvalue weighted by Gasteiger charge is -2.15. The lowest BCUT2D eigenvalue weighted by Crippen LogP contribution is -2.06. The van der Waals surface area contributed by atoms with Gasteiger partial charge in [-0.15, -0.1) is 23.1 Å². The monoisotopic (exact) mass is 267 g/mol. The number of nitrogens with zero attached hydrogens (tertiary/aromatic N) is 2. The van der Waals surface area contributed by atoms with Gasteiger partial charge in [-0.3, -0.25) is 0 Å². The van der Waals surface area contributed by atoms with Crippen LogP contribution < -0.4 is 5.32 Å². The van der Waals surface area contributed by atoms with E-state index in [1.54, 1.807) is 11.3 Å². The summed E-state index contributed by atoms with van der Waals surface area (Å²) < 4.78 is 0. The Morgan fingerprint density at radius 2 is 2.06 bits per heavy atom. The number of hydrogen-bond acceptors (Lipinski definition) is 5. The van der Waals surface area contributed by atoms with E-state index in [4.69, 9.17) is 0 Å². The van der Waals surface area contributed by atoms with Gasteiger partial charge >= 0.3 is 0 Å². The number of hydrogen-bond donors (Lipinski definition) is 1. The largest absolute Gasteiger partial charge is 0.357 e. The third-order valence-electron chi connectivity index (χ3n) is 2.75. The van der Waals surface area contributed by atoms with Gasteiger partial charge in [0.05, 0.1) is 0 Å². The van der Waals surface area contributed by atoms with E-state index in [0.717, 1.165) is 9.86 Å². The summed E-state index contributed by atoms with van der Waals surface area (Å²) in [5, 5.41) is 7.91. The molecule has 0 aliphatic rings. The molecule has 2 heterocycles. The summed E-state index contributed by atoms with van der Waals surface area (Å²) in [5.74, 6) is 1.35. The third-order valence-corrected chi connectivity index (χ3v) is 5.01. The van der Waals surface area contributed by atoms with Crippen molar-refractivity contribution in [1.29, 1.82) is 0 Å². The molecule has 0 fully saturated rings. The van der Waals surface area contributed by atoms with E-state index in [1.807, 2.05) is 18.8 Å². The molecule has 2 rings (SSSR count). The van der Waals surface area contributed by atoms with Gasteiger partial charge in [-0.1, -0.05) is 20.8 Å². The number of aromatic nitrogens is 2. The number of thioether (sulfide) groups is 1. The van der Waals surface area contributed by atoms with E-state index >= 15 is 0 Å². The molecule has 0 aromatic carbocycles. The lowest BCUT2D eigenvalue weighted by molar-refractivity contribution is 0.642. The molecule has 0 aliphatic carbocycles. The van der Waals surface area contributed by atoms with Crippen molar-refractivity contribution in [3.63, 3.8) is 0 Å². The van der Waals surface area contributed by atoms with Gasteiger partial charge in [0.2, 0.25) is 5.95 Å². The predicted molar refractivity (Wildman–Crippen MR) is 77.1 cm³/mol. The molecule has 1 atom stereocenters. The van der Waals surface area contributed by atoms with Gasteiger partial charge in [0.15, 0.2) is 0 Å². The molecule has 0 bridgehead atoms. The van der Waals surface area contributed by atoms with Crippen molar-refractivity contribution in [3.05, 3.63) is 11.4 Å². The normalized spacial score (nSPS) is 13.2. The minimum atomic E-state index is 0.553. The van der Waals surface area contributed by atoms with Crippen molar-refractivity contribution in [2.24, 2.45) is 5.92 Å². The summed E-state index contributed by atoms with van der Waals surface area (Å²) in [6.45, 7) is 6.72. The van der Waals surface area contributed by atoms with Gasteiger partial charge in [0.25, 0.3) is 0 Å². The van der Waals surface area contributed by atoms with Crippen LogP contribution in [-0.4, -0.2) is 22.3 Å². The summed E-state index contributed by atoms with van der Waals surface area (Å²) in [6.07, 6.45) is 0. The molecule has 0 saturated carbocycles. The molecule has 92 valence electrons. The maximum atomic E-state index is 4.56. The van der Waals surface area contributed by atoms with E-state index in [0.29, 0.717) is 17.1 Å². The fraction of sp³-hybridized carbons (Fsp3) is 0.500. The molecule has 0 amide bonds. The van der Waals surface area contributed by atoms with Gasteiger partial charge in [-0.25, -0.2) is 9.97 Å². The molecule has 0 aliphatic heterocycles. The van der Waals surface area contributed by atoms with Crippen molar-refractivity contribution in [2.45, 2.75) is 31.0 Å². The molecule has 5 heteroatoms. The highest BCUT2D eigenvalue weighted by Gasteiger charge is 2.14. The number of thiophene rings is 1. The van der Waals surface area contributed by atoms with Gasteiger partial charge in [-0.05, 0) is 17.4 Å². The summed E-state index contributed by atoms with van der Waals surface area (Å²) in [6, 6.07) is 2.11. The summed E-state index contributed by atoms with van der Waals surface area (Å²) in [7, 11) is 1.86. The Bertz CT molecular complexity index is 507. The second kappa shape index (κ2) is 5.23. The summed E-state index contributed by atoms with van der Waals surface area (Å²) >= 11 is 3.49. The average molecular weight is 267 g/mol. The van der Waals surface area contributed by atoms with Crippen LogP contribution >= 0.6 is 23.1 Å². The third kappa shape index (κ3) is 2.72. The number of nitrogens with one attached hydrogen (secondary N) is 1. The maximum Gasteiger partial charge on any atom is 0.224 e. The summed E-state index contributed by atoms with van der Waals surface area (Å²) in [4.78, 5) is 10.1. The first-order chi connectivity index (χ1) is 8.11. The smallest absolute Gasteiger partial charge is 0.224 e. The predicted octanol–water partition coefficient (Wildman–Crippen LogP) is 3.87. The Hall–Kier alpha value is -0.810. The van der Waals surface area contributed by atoms with Crippen LogP contribution in [0, 0.1) is 5.92 Å². The van der Waals surface area contributed by atoms with Crippen molar-refractivity contribution in [3.8, 4) is 0 Å². The Kier molecular flexibility index (Phi) is 3.89. The van der Waals surface area contributed by atoms with E-state index in [-0.39, 0.29) is 0 Å². The molecule has 1 N–H and O–H groups in total. The standard InChI is InChI=1S/C12H17N3S2/c1-7(2)8(3)17-11-9-5-6-16-10(9)14-12(13-4)15-11/h5-8H,1-4H3,(H,13,14,15). The second-order valence-electron chi connectivity index (χ2n) is 4.31. The fourth-order valence-corrected chi connectivity index (χ4v) is 3.23.